The molecule has 0 bridgehead atoms. The molecule has 0 saturated carbocycles. The van der Waals surface area contributed by atoms with Crippen LogP contribution in [0.5, 0.6) is 0 Å². The lowest BCUT2D eigenvalue weighted by molar-refractivity contribution is 0.192. The molecule has 0 unspecified atom stereocenters. The van der Waals surface area contributed by atoms with Gasteiger partial charge in [-0.15, -0.1) is 0 Å². The van der Waals surface area contributed by atoms with Crippen LogP contribution >= 0.6 is 0 Å². The van der Waals surface area contributed by atoms with Crippen LogP contribution in [0.1, 0.15) is 24.1 Å². The monoisotopic (exact) mass is 269 g/mol. The predicted octanol–water partition coefficient (Wildman–Crippen LogP) is 2.58. The van der Waals surface area contributed by atoms with Gasteiger partial charge < -0.3 is 13.8 Å². The fourth-order valence-electron chi connectivity index (χ4n) is 2.66. The third-order valence-electron chi connectivity index (χ3n) is 3.76. The summed E-state index contributed by atoms with van der Waals surface area (Å²) in [5.41, 5.74) is 1.18. The lowest BCUT2D eigenvalue weighted by Crippen LogP contribution is -2.01. The van der Waals surface area contributed by atoms with Gasteiger partial charge in [0.25, 0.3) is 0 Å². The molecule has 5 heteroatoms. The highest BCUT2D eigenvalue weighted by Gasteiger charge is 2.23. The van der Waals surface area contributed by atoms with Crippen molar-refractivity contribution in [3.05, 3.63) is 48.2 Å². The van der Waals surface area contributed by atoms with Gasteiger partial charge in [-0.1, -0.05) is 23.4 Å². The van der Waals surface area contributed by atoms with E-state index in [1.807, 2.05) is 18.3 Å². The molecule has 0 N–H and O–H groups in total. The second-order valence-electron chi connectivity index (χ2n) is 5.11. The number of benzene rings is 1. The molecule has 20 heavy (non-hydrogen) atoms. The highest BCUT2D eigenvalue weighted by Crippen LogP contribution is 2.23. The van der Waals surface area contributed by atoms with E-state index in [1.165, 1.54) is 10.9 Å². The van der Waals surface area contributed by atoms with Gasteiger partial charge in [-0.05, 0) is 23.9 Å². The lowest BCUT2D eigenvalue weighted by atomic mass is 10.1. The molecule has 3 heterocycles. The normalized spacial score (nSPS) is 18.9. The Bertz CT molecular complexity index is 725. The van der Waals surface area contributed by atoms with Gasteiger partial charge in [0.05, 0.1) is 6.61 Å². The maximum Gasteiger partial charge on any atom is 0.246 e. The van der Waals surface area contributed by atoms with Gasteiger partial charge in [-0.2, -0.15) is 4.98 Å². The van der Waals surface area contributed by atoms with E-state index in [2.05, 4.69) is 32.9 Å². The van der Waals surface area contributed by atoms with E-state index in [0.717, 1.165) is 18.9 Å². The number of rotatable bonds is 3. The second-order valence-corrected chi connectivity index (χ2v) is 5.11. The Morgan fingerprint density at radius 2 is 2.20 bits per heavy atom. The van der Waals surface area contributed by atoms with Crippen molar-refractivity contribution in [1.29, 1.82) is 0 Å². The van der Waals surface area contributed by atoms with E-state index in [1.54, 1.807) is 0 Å². The number of ether oxygens (including phenoxy) is 1. The molecular weight excluding hydrogens is 254 g/mol. The Balaban J connectivity index is 1.59. The molecule has 0 radical (unpaired) electrons. The van der Waals surface area contributed by atoms with Crippen molar-refractivity contribution in [3.63, 3.8) is 0 Å². The first-order chi connectivity index (χ1) is 9.90. The van der Waals surface area contributed by atoms with Crippen LogP contribution in [0.4, 0.5) is 0 Å². The quantitative estimate of drug-likeness (QED) is 0.733. The molecule has 0 amide bonds. The van der Waals surface area contributed by atoms with Gasteiger partial charge in [-0.25, -0.2) is 0 Å². The van der Waals surface area contributed by atoms with Crippen LogP contribution in [0, 0.1) is 0 Å². The SMILES string of the molecule is c1ccc2c(c1)ccn2Cc1nc([C@H]2CCOC2)no1. The Labute approximate surface area is 116 Å². The zero-order valence-electron chi connectivity index (χ0n) is 11.0. The van der Waals surface area contributed by atoms with Crippen LogP contribution in [0.3, 0.4) is 0 Å². The summed E-state index contributed by atoms with van der Waals surface area (Å²) in [6.45, 7) is 2.09. The smallest absolute Gasteiger partial charge is 0.246 e. The fourth-order valence-corrected chi connectivity index (χ4v) is 2.66. The first-order valence-electron chi connectivity index (χ1n) is 6.84. The van der Waals surface area contributed by atoms with E-state index in [0.29, 0.717) is 19.0 Å². The lowest BCUT2D eigenvalue weighted by Gasteiger charge is -2.01. The molecule has 1 atom stereocenters. The van der Waals surface area contributed by atoms with Crippen LogP contribution in [0.2, 0.25) is 0 Å². The van der Waals surface area contributed by atoms with Crippen LogP contribution < -0.4 is 0 Å². The molecule has 4 rings (SSSR count). The van der Waals surface area contributed by atoms with Crippen molar-refractivity contribution in [1.82, 2.24) is 14.7 Å². The molecule has 0 aliphatic carbocycles. The van der Waals surface area contributed by atoms with Gasteiger partial charge in [0.2, 0.25) is 5.89 Å². The summed E-state index contributed by atoms with van der Waals surface area (Å²) in [6, 6.07) is 10.4. The fraction of sp³-hybridized carbons (Fsp3) is 0.333. The average molecular weight is 269 g/mol. The summed E-state index contributed by atoms with van der Waals surface area (Å²) in [4.78, 5) is 4.50. The third kappa shape index (κ3) is 2.00. The highest BCUT2D eigenvalue weighted by atomic mass is 16.5. The largest absolute Gasteiger partial charge is 0.381 e. The summed E-state index contributed by atoms with van der Waals surface area (Å²) >= 11 is 0. The summed E-state index contributed by atoms with van der Waals surface area (Å²) in [5.74, 6) is 1.70. The minimum atomic E-state index is 0.286. The van der Waals surface area contributed by atoms with Gasteiger partial charge >= 0.3 is 0 Å². The zero-order valence-corrected chi connectivity index (χ0v) is 11.0. The number of para-hydroxylation sites is 1. The summed E-state index contributed by atoms with van der Waals surface area (Å²) < 4.78 is 12.8. The van der Waals surface area contributed by atoms with E-state index in [-0.39, 0.29) is 5.92 Å². The third-order valence-corrected chi connectivity index (χ3v) is 3.76. The highest BCUT2D eigenvalue weighted by molar-refractivity contribution is 5.79. The maximum absolute atomic E-state index is 5.36. The molecule has 1 aromatic carbocycles. The summed E-state index contributed by atoms with van der Waals surface area (Å²) in [5, 5.41) is 5.30. The molecule has 1 saturated heterocycles. The Hall–Kier alpha value is -2.14. The van der Waals surface area contributed by atoms with Crippen LogP contribution in [0.15, 0.2) is 41.1 Å². The molecule has 0 spiro atoms. The standard InChI is InChI=1S/C15H15N3O2/c1-2-4-13-11(3-1)5-7-18(13)9-14-16-15(17-20-14)12-6-8-19-10-12/h1-5,7,12H,6,8-10H2/t12-/m0/s1. The molecular formula is C15H15N3O2. The van der Waals surface area contributed by atoms with Crippen molar-refractivity contribution in [2.75, 3.05) is 13.2 Å². The van der Waals surface area contributed by atoms with Gasteiger partial charge in [-0.3, -0.25) is 0 Å². The number of nitrogens with zero attached hydrogens (tertiary/aromatic N) is 3. The first kappa shape index (κ1) is 11.7. The van der Waals surface area contributed by atoms with Gasteiger partial charge in [0.15, 0.2) is 5.82 Å². The van der Waals surface area contributed by atoms with E-state index in [4.69, 9.17) is 9.26 Å². The second kappa shape index (κ2) is 4.76. The minimum absolute atomic E-state index is 0.286. The topological polar surface area (TPSA) is 53.1 Å². The Kier molecular flexibility index (Phi) is 2.77. The summed E-state index contributed by atoms with van der Waals surface area (Å²) in [7, 11) is 0. The Morgan fingerprint density at radius 3 is 3.10 bits per heavy atom. The van der Waals surface area contributed by atoms with E-state index in [9.17, 15) is 0 Å². The maximum atomic E-state index is 5.36. The molecule has 102 valence electrons. The average Bonchev–Trinajstić information content (AvgIpc) is 3.19. The molecule has 1 fully saturated rings. The van der Waals surface area contributed by atoms with E-state index >= 15 is 0 Å². The van der Waals surface area contributed by atoms with Gasteiger partial charge in [0.1, 0.15) is 6.54 Å². The molecule has 5 nitrogen and oxygen atoms in total. The van der Waals surface area contributed by atoms with Crippen LogP contribution in [0.25, 0.3) is 10.9 Å². The van der Waals surface area contributed by atoms with Crippen molar-refractivity contribution in [2.24, 2.45) is 0 Å². The van der Waals surface area contributed by atoms with Crippen LogP contribution in [-0.4, -0.2) is 27.9 Å². The molecule has 2 aromatic heterocycles. The Morgan fingerprint density at radius 1 is 1.25 bits per heavy atom. The molecule has 1 aliphatic rings. The predicted molar refractivity (Wildman–Crippen MR) is 73.5 cm³/mol. The van der Waals surface area contributed by atoms with Crippen molar-refractivity contribution in [2.45, 2.75) is 18.9 Å². The first-order valence-corrected chi connectivity index (χ1v) is 6.84. The minimum Gasteiger partial charge on any atom is -0.381 e. The summed E-state index contributed by atoms with van der Waals surface area (Å²) in [6.07, 6.45) is 3.03. The number of aromatic nitrogens is 3. The molecule has 3 aromatic rings. The number of hydrogen-bond acceptors (Lipinski definition) is 4. The van der Waals surface area contributed by atoms with Crippen molar-refractivity contribution < 1.29 is 9.26 Å². The molecule has 1 aliphatic heterocycles. The van der Waals surface area contributed by atoms with Crippen molar-refractivity contribution in [3.8, 4) is 0 Å². The van der Waals surface area contributed by atoms with E-state index < -0.39 is 0 Å². The van der Waals surface area contributed by atoms with Gasteiger partial charge in [0, 0.05) is 24.2 Å². The van der Waals surface area contributed by atoms with Crippen LogP contribution in [-0.2, 0) is 11.3 Å². The zero-order chi connectivity index (χ0) is 13.4. The number of fused-ring (bicyclic) bond motifs is 1. The number of hydrogen-bond donors (Lipinski definition) is 0. The van der Waals surface area contributed by atoms with Crippen molar-refractivity contribution >= 4 is 10.9 Å².